The number of piperazine rings is 1. The van der Waals surface area contributed by atoms with E-state index >= 15 is 0 Å². The second-order valence-corrected chi connectivity index (χ2v) is 9.45. The number of nitrogens with one attached hydrogen (secondary N) is 3. The van der Waals surface area contributed by atoms with Crippen LogP contribution in [0.25, 0.3) is 0 Å². The molecule has 1 aromatic heterocycles. The molecule has 3 aliphatic rings. The molecular formula is C25H27N7O6. The van der Waals surface area contributed by atoms with Crippen LogP contribution in [0.2, 0.25) is 0 Å². The number of barbiturate groups is 1. The minimum atomic E-state index is -1.52. The molecule has 1 spiro atoms. The molecule has 0 unspecified atom stereocenters. The zero-order valence-electron chi connectivity index (χ0n) is 20.7. The van der Waals surface area contributed by atoms with E-state index in [4.69, 9.17) is 0 Å². The highest BCUT2D eigenvalue weighted by Crippen LogP contribution is 2.45. The van der Waals surface area contributed by atoms with Gasteiger partial charge in [0.05, 0.1) is 11.7 Å². The van der Waals surface area contributed by atoms with Gasteiger partial charge in [-0.05, 0) is 36.7 Å². The molecule has 2 aromatic rings. The van der Waals surface area contributed by atoms with Crippen molar-refractivity contribution >= 4 is 35.4 Å². The number of aromatic nitrogens is 2. The van der Waals surface area contributed by atoms with Crippen molar-refractivity contribution in [3.63, 3.8) is 0 Å². The van der Waals surface area contributed by atoms with E-state index < -0.39 is 46.4 Å². The number of anilines is 1. The van der Waals surface area contributed by atoms with Crippen molar-refractivity contribution in [2.45, 2.75) is 25.9 Å². The molecule has 1 aromatic carbocycles. The van der Waals surface area contributed by atoms with Crippen LogP contribution in [0, 0.1) is 5.41 Å². The lowest BCUT2D eigenvalue weighted by atomic mass is 9.68. The van der Waals surface area contributed by atoms with Gasteiger partial charge in [0.25, 0.3) is 5.56 Å². The normalized spacial score (nSPS) is 20.7. The summed E-state index contributed by atoms with van der Waals surface area (Å²) in [6, 6.07) is 3.96. The number of allylic oxidation sites excluding steroid dienone is 1. The topological polar surface area (TPSA) is 169 Å². The summed E-state index contributed by atoms with van der Waals surface area (Å²) in [5.41, 5.74) is -1.37. The number of H-pyrrole nitrogens is 1. The van der Waals surface area contributed by atoms with Crippen LogP contribution in [0.4, 0.5) is 16.2 Å². The molecule has 4 N–H and O–H groups in total. The first-order valence-corrected chi connectivity index (χ1v) is 12.2. The third kappa shape index (κ3) is 3.91. The van der Waals surface area contributed by atoms with Gasteiger partial charge in [0.2, 0.25) is 17.7 Å². The Morgan fingerprint density at radius 2 is 1.89 bits per heavy atom. The van der Waals surface area contributed by atoms with Gasteiger partial charge in [0.1, 0.15) is 5.56 Å². The number of imide groups is 2. The van der Waals surface area contributed by atoms with Gasteiger partial charge in [-0.1, -0.05) is 13.0 Å². The fraction of sp³-hybridized carbons (Fsp3) is 0.360. The lowest BCUT2D eigenvalue weighted by Crippen LogP contribution is -2.74. The molecule has 0 radical (unpaired) electrons. The van der Waals surface area contributed by atoms with Crippen LogP contribution < -0.4 is 26.8 Å². The molecule has 4 amide bonds. The Kier molecular flexibility index (Phi) is 6.23. The number of aliphatic imine (C=N–C) groups is 1. The number of hydrogen-bond acceptors (Lipinski definition) is 9. The second-order valence-electron chi connectivity index (χ2n) is 9.45. The van der Waals surface area contributed by atoms with Crippen LogP contribution in [-0.4, -0.2) is 75.8 Å². The van der Waals surface area contributed by atoms with Crippen molar-refractivity contribution in [3.05, 3.63) is 62.8 Å². The zero-order valence-corrected chi connectivity index (χ0v) is 20.7. The highest BCUT2D eigenvalue weighted by Gasteiger charge is 2.60. The Labute approximate surface area is 216 Å². The highest BCUT2D eigenvalue weighted by atomic mass is 16.3. The number of likely N-dealkylation sites (N-methyl/N-ethyl adjacent to an activating group) is 1. The van der Waals surface area contributed by atoms with Crippen molar-refractivity contribution in [1.82, 2.24) is 25.1 Å². The van der Waals surface area contributed by atoms with Gasteiger partial charge >= 0.3 is 11.7 Å². The summed E-state index contributed by atoms with van der Waals surface area (Å²) in [7, 11) is 0. The summed E-state index contributed by atoms with van der Waals surface area (Å²) < 4.78 is 0.948. The first-order valence-electron chi connectivity index (χ1n) is 12.2. The molecule has 2 fully saturated rings. The Morgan fingerprint density at radius 1 is 1.16 bits per heavy atom. The summed E-state index contributed by atoms with van der Waals surface area (Å²) >= 11 is 0. The van der Waals surface area contributed by atoms with Crippen molar-refractivity contribution in [3.8, 4) is 5.88 Å². The maximum absolute atomic E-state index is 13.3. The van der Waals surface area contributed by atoms with E-state index in [-0.39, 0.29) is 18.5 Å². The van der Waals surface area contributed by atoms with Gasteiger partial charge < -0.3 is 10.0 Å². The predicted molar refractivity (Wildman–Crippen MR) is 138 cm³/mol. The van der Waals surface area contributed by atoms with Crippen LogP contribution in [0.15, 0.2) is 45.4 Å². The lowest BCUT2D eigenvalue weighted by Gasteiger charge is -2.54. The molecule has 0 saturated carbocycles. The number of fused-ring (bicyclic) bond motifs is 4. The smallest absolute Gasteiger partial charge is 0.331 e. The maximum Gasteiger partial charge on any atom is 0.331 e. The fourth-order valence-corrected chi connectivity index (χ4v) is 5.48. The number of carbonyl (C=O) groups excluding carboxylic acids is 3. The number of nitrogens with zero attached hydrogens (tertiary/aromatic N) is 4. The van der Waals surface area contributed by atoms with E-state index in [9.17, 15) is 29.1 Å². The van der Waals surface area contributed by atoms with E-state index in [0.29, 0.717) is 24.3 Å². The van der Waals surface area contributed by atoms with Crippen LogP contribution in [0.3, 0.4) is 0 Å². The van der Waals surface area contributed by atoms with E-state index in [0.717, 1.165) is 29.6 Å². The largest absolute Gasteiger partial charge is 0.494 e. The molecule has 3 aliphatic heterocycles. The third-order valence-electron chi connectivity index (χ3n) is 7.45. The first kappa shape index (κ1) is 25.1. The molecule has 13 nitrogen and oxygen atoms in total. The monoisotopic (exact) mass is 521 g/mol. The Morgan fingerprint density at radius 3 is 2.58 bits per heavy atom. The molecule has 38 heavy (non-hydrogen) atoms. The second kappa shape index (κ2) is 9.41. The van der Waals surface area contributed by atoms with Gasteiger partial charge in [0, 0.05) is 38.1 Å². The van der Waals surface area contributed by atoms with Crippen LogP contribution in [0.5, 0.6) is 5.88 Å². The van der Waals surface area contributed by atoms with Crippen LogP contribution >= 0.6 is 0 Å². The average molecular weight is 522 g/mol. The molecule has 2 saturated heterocycles. The highest BCUT2D eigenvalue weighted by molar-refractivity contribution is 6.20. The Bertz CT molecular complexity index is 1490. The van der Waals surface area contributed by atoms with Gasteiger partial charge in [-0.3, -0.25) is 44.5 Å². The number of hydrogen-bond donors (Lipinski definition) is 4. The summed E-state index contributed by atoms with van der Waals surface area (Å²) in [6.45, 7) is 8.10. The van der Waals surface area contributed by atoms with Crippen molar-refractivity contribution < 1.29 is 19.5 Å². The predicted octanol–water partition coefficient (Wildman–Crippen LogP) is -0.402. The molecule has 0 aliphatic carbocycles. The minimum absolute atomic E-state index is 0.0116. The maximum atomic E-state index is 13.3. The Balaban J connectivity index is 1.56. The average Bonchev–Trinajstić information content (AvgIpc) is 2.88. The molecule has 198 valence electrons. The molecular weight excluding hydrogens is 494 g/mol. The standard InChI is InChI=1S/C25H27N7O6/c1-3-7-32-20(34)16(19(33)27-24(32)38)12-26-15-5-6-17-14(10-15)11-25(21(35)28-23(37)29-22(25)36)18-13-30(4-2)8-9-31(17)18/h3,5-6,10,12,18,34H,1,4,7-9,11,13H2,2H3,(H,27,33,38)(H2,28,29,35,36,37)/t18-/m0/s1. The van der Waals surface area contributed by atoms with E-state index in [2.05, 4.69) is 32.1 Å². The van der Waals surface area contributed by atoms with Crippen molar-refractivity contribution in [2.75, 3.05) is 31.1 Å². The summed E-state index contributed by atoms with van der Waals surface area (Å²) in [5, 5.41) is 15.0. The summed E-state index contributed by atoms with van der Waals surface area (Å²) in [5.74, 6) is -1.82. The van der Waals surface area contributed by atoms with E-state index in [1.807, 2.05) is 17.9 Å². The number of rotatable bonds is 5. The summed E-state index contributed by atoms with van der Waals surface area (Å²) in [6.07, 6.45) is 2.60. The van der Waals surface area contributed by atoms with Gasteiger partial charge in [-0.2, -0.15) is 0 Å². The van der Waals surface area contributed by atoms with Crippen molar-refractivity contribution in [1.29, 1.82) is 0 Å². The Hall–Kier alpha value is -4.52. The quantitative estimate of drug-likeness (QED) is 0.234. The van der Waals surface area contributed by atoms with E-state index in [1.54, 1.807) is 12.1 Å². The van der Waals surface area contributed by atoms with Crippen LogP contribution in [0.1, 0.15) is 18.1 Å². The number of carbonyl (C=O) groups is 3. The van der Waals surface area contributed by atoms with Gasteiger partial charge in [-0.15, -0.1) is 6.58 Å². The fourth-order valence-electron chi connectivity index (χ4n) is 5.48. The third-order valence-corrected chi connectivity index (χ3v) is 7.45. The molecule has 0 bridgehead atoms. The summed E-state index contributed by atoms with van der Waals surface area (Å²) in [4.78, 5) is 73.3. The molecule has 4 heterocycles. The number of amides is 4. The number of aromatic amines is 1. The first-order chi connectivity index (χ1) is 18.2. The lowest BCUT2D eigenvalue weighted by molar-refractivity contribution is -0.147. The van der Waals surface area contributed by atoms with Gasteiger partial charge in [-0.25, -0.2) is 9.59 Å². The molecule has 13 heteroatoms. The zero-order chi connectivity index (χ0) is 27.2. The number of benzene rings is 1. The SMILES string of the molecule is C=CCn1c(O)c(C=Nc2ccc3c(c2)CC2(C(=O)NC(=O)NC2=O)[C@@H]2CN(CC)CCN32)c(=O)[nH]c1=O. The van der Waals surface area contributed by atoms with Crippen molar-refractivity contribution in [2.24, 2.45) is 10.4 Å². The minimum Gasteiger partial charge on any atom is -0.494 e. The van der Waals surface area contributed by atoms with Crippen LogP contribution in [-0.2, 0) is 22.6 Å². The van der Waals surface area contributed by atoms with Gasteiger partial charge in [0.15, 0.2) is 5.41 Å². The molecule has 1 atom stereocenters. The molecule has 5 rings (SSSR count). The number of urea groups is 1. The van der Waals surface area contributed by atoms with E-state index in [1.165, 1.54) is 6.08 Å². The number of aromatic hydroxyl groups is 1.